The fourth-order valence-electron chi connectivity index (χ4n) is 1.05. The number of hydrazone groups is 1. The van der Waals surface area contributed by atoms with E-state index in [9.17, 15) is 17.7 Å². The van der Waals surface area contributed by atoms with Crippen molar-refractivity contribution in [3.63, 3.8) is 0 Å². The third kappa shape index (κ3) is 1.84. The summed E-state index contributed by atoms with van der Waals surface area (Å²) in [6, 6.07) is -0.497. The molecule has 7 heteroatoms. The molecular weight excluding hydrogens is 190 g/mol. The number of nitrogens with zero attached hydrogens (tertiary/aromatic N) is 3. The number of alkyl halides is 3. The summed E-state index contributed by atoms with van der Waals surface area (Å²) in [5.74, 6) is 0. The van der Waals surface area contributed by atoms with Crippen LogP contribution in [-0.2, 0) is 0 Å². The molecule has 1 aliphatic heterocycles. The molecular formula is C6H9F4N3. The highest BCUT2D eigenvalue weighted by Gasteiger charge is 2.51. The Morgan fingerprint density at radius 2 is 1.92 bits per heavy atom. The second-order valence-corrected chi connectivity index (χ2v) is 2.96. The molecule has 0 amide bonds. The molecule has 0 N–H and O–H groups in total. The van der Waals surface area contributed by atoms with Crippen LogP contribution < -0.4 is 0 Å². The van der Waals surface area contributed by atoms with E-state index >= 15 is 0 Å². The molecule has 0 bridgehead atoms. The Balaban J connectivity index is 2.82. The van der Waals surface area contributed by atoms with Crippen LogP contribution in [0, 0.1) is 0 Å². The van der Waals surface area contributed by atoms with E-state index in [0.29, 0.717) is 11.3 Å². The fourth-order valence-corrected chi connectivity index (χ4v) is 1.05. The molecule has 1 rings (SSSR count). The Morgan fingerprint density at radius 3 is 2.23 bits per heavy atom. The third-order valence-electron chi connectivity index (χ3n) is 1.60. The van der Waals surface area contributed by atoms with Gasteiger partial charge in [-0.2, -0.15) is 23.4 Å². The first-order valence-electron chi connectivity index (χ1n) is 3.67. The van der Waals surface area contributed by atoms with Crippen LogP contribution >= 0.6 is 0 Å². The van der Waals surface area contributed by atoms with Crippen molar-refractivity contribution in [1.29, 1.82) is 0 Å². The lowest BCUT2D eigenvalue weighted by Gasteiger charge is -2.29. The standard InChI is InChI=1S/C6H9F4N3/c1-4(2)13-5(6(7,8)9)12(10)3-11-13/h3-5H,1-2H3. The van der Waals surface area contributed by atoms with Gasteiger partial charge in [-0.25, -0.2) is 0 Å². The zero-order chi connectivity index (χ0) is 10.2. The number of halogens is 4. The van der Waals surface area contributed by atoms with E-state index in [4.69, 9.17) is 0 Å². The van der Waals surface area contributed by atoms with Crippen molar-refractivity contribution >= 4 is 6.34 Å². The van der Waals surface area contributed by atoms with Crippen molar-refractivity contribution in [3.8, 4) is 0 Å². The maximum Gasteiger partial charge on any atom is 0.431 e. The SMILES string of the molecule is CC(C)N1N=CN(F)C1C(F)(F)F. The number of hydrogen-bond donors (Lipinski definition) is 0. The van der Waals surface area contributed by atoms with Crippen molar-refractivity contribution in [2.75, 3.05) is 0 Å². The molecule has 0 saturated heterocycles. The lowest BCUT2D eigenvalue weighted by molar-refractivity contribution is -0.236. The van der Waals surface area contributed by atoms with Crippen LogP contribution in [0.2, 0.25) is 0 Å². The summed E-state index contributed by atoms with van der Waals surface area (Å²) >= 11 is 0. The molecule has 0 radical (unpaired) electrons. The Hall–Kier alpha value is -1.01. The maximum absolute atomic E-state index is 12.6. The molecule has 0 saturated carbocycles. The summed E-state index contributed by atoms with van der Waals surface area (Å²) in [5.41, 5.74) is 0. The van der Waals surface area contributed by atoms with E-state index in [1.165, 1.54) is 13.8 Å². The molecule has 76 valence electrons. The van der Waals surface area contributed by atoms with E-state index in [0.717, 1.165) is 0 Å². The minimum atomic E-state index is -4.64. The molecule has 3 nitrogen and oxygen atoms in total. The van der Waals surface area contributed by atoms with Gasteiger partial charge in [0.05, 0.1) is 0 Å². The van der Waals surface area contributed by atoms with E-state index < -0.39 is 23.5 Å². The van der Waals surface area contributed by atoms with Gasteiger partial charge in [0.2, 0.25) is 6.17 Å². The Bertz CT molecular complexity index is 212. The van der Waals surface area contributed by atoms with Gasteiger partial charge in [-0.1, -0.05) is 4.48 Å². The quantitative estimate of drug-likeness (QED) is 0.473. The minimum Gasteiger partial charge on any atom is -0.259 e. The van der Waals surface area contributed by atoms with Crippen molar-refractivity contribution in [2.24, 2.45) is 5.10 Å². The van der Waals surface area contributed by atoms with Gasteiger partial charge in [0.1, 0.15) is 6.34 Å². The molecule has 1 heterocycles. The lowest BCUT2D eigenvalue weighted by Crippen LogP contribution is -2.49. The van der Waals surface area contributed by atoms with Gasteiger partial charge in [-0.3, -0.25) is 5.01 Å². The average Bonchev–Trinajstić information content (AvgIpc) is 2.28. The van der Waals surface area contributed by atoms with Crippen molar-refractivity contribution in [1.82, 2.24) is 10.1 Å². The van der Waals surface area contributed by atoms with Crippen molar-refractivity contribution in [3.05, 3.63) is 0 Å². The third-order valence-corrected chi connectivity index (χ3v) is 1.60. The summed E-state index contributed by atoms with van der Waals surface area (Å²) in [4.78, 5) is 0. The zero-order valence-corrected chi connectivity index (χ0v) is 7.09. The minimum absolute atomic E-state index is 0.444. The maximum atomic E-state index is 12.6. The molecule has 0 fully saturated rings. The van der Waals surface area contributed by atoms with Crippen molar-refractivity contribution in [2.45, 2.75) is 32.2 Å². The van der Waals surface area contributed by atoms with Gasteiger partial charge in [0, 0.05) is 6.04 Å². The summed E-state index contributed by atoms with van der Waals surface area (Å²) in [6.07, 6.45) is -6.40. The van der Waals surface area contributed by atoms with E-state index in [1.807, 2.05) is 0 Å². The first-order valence-corrected chi connectivity index (χ1v) is 3.67. The topological polar surface area (TPSA) is 18.8 Å². The predicted octanol–water partition coefficient (Wildman–Crippen LogP) is 1.73. The van der Waals surface area contributed by atoms with Gasteiger partial charge >= 0.3 is 6.18 Å². The van der Waals surface area contributed by atoms with Crippen LogP contribution in [0.5, 0.6) is 0 Å². The predicted molar refractivity (Wildman–Crippen MR) is 38.3 cm³/mol. The van der Waals surface area contributed by atoms with E-state index in [2.05, 4.69) is 5.10 Å². The van der Waals surface area contributed by atoms with Crippen LogP contribution in [0.25, 0.3) is 0 Å². The summed E-state index contributed by atoms with van der Waals surface area (Å²) in [7, 11) is 0. The Labute approximate surface area is 72.5 Å². The average molecular weight is 199 g/mol. The van der Waals surface area contributed by atoms with Gasteiger partial charge in [0.15, 0.2) is 0 Å². The number of rotatable bonds is 1. The zero-order valence-electron chi connectivity index (χ0n) is 7.09. The van der Waals surface area contributed by atoms with Crippen LogP contribution in [0.3, 0.4) is 0 Å². The highest BCUT2D eigenvalue weighted by Crippen LogP contribution is 2.31. The lowest BCUT2D eigenvalue weighted by atomic mass is 10.3. The van der Waals surface area contributed by atoms with Gasteiger partial charge in [-0.15, -0.1) is 0 Å². The van der Waals surface area contributed by atoms with Crippen LogP contribution in [0.4, 0.5) is 17.7 Å². The molecule has 0 aliphatic carbocycles. The molecule has 1 unspecified atom stereocenters. The van der Waals surface area contributed by atoms with E-state index in [-0.39, 0.29) is 0 Å². The molecule has 1 aliphatic rings. The Kier molecular flexibility index (Phi) is 2.36. The summed E-state index contributed by atoms with van der Waals surface area (Å²) < 4.78 is 49.3. The second kappa shape index (κ2) is 3.04. The van der Waals surface area contributed by atoms with Gasteiger partial charge in [-0.05, 0) is 13.8 Å². The molecule has 0 aromatic rings. The van der Waals surface area contributed by atoms with Crippen LogP contribution in [0.15, 0.2) is 5.10 Å². The van der Waals surface area contributed by atoms with Crippen LogP contribution in [0.1, 0.15) is 13.8 Å². The first kappa shape index (κ1) is 10.1. The summed E-state index contributed by atoms with van der Waals surface area (Å²) in [6.45, 7) is 3.02. The second-order valence-electron chi connectivity index (χ2n) is 2.96. The summed E-state index contributed by atoms with van der Waals surface area (Å²) in [5, 5.41) is 3.53. The number of hydrogen-bond acceptors (Lipinski definition) is 3. The highest BCUT2D eigenvalue weighted by atomic mass is 19.4. The largest absolute Gasteiger partial charge is 0.431 e. The molecule has 13 heavy (non-hydrogen) atoms. The smallest absolute Gasteiger partial charge is 0.259 e. The van der Waals surface area contributed by atoms with Gasteiger partial charge < -0.3 is 0 Å². The monoisotopic (exact) mass is 199 g/mol. The first-order chi connectivity index (χ1) is 5.84. The molecule has 0 aromatic heterocycles. The van der Waals surface area contributed by atoms with Crippen LogP contribution in [-0.4, -0.2) is 34.9 Å². The highest BCUT2D eigenvalue weighted by molar-refractivity contribution is 5.55. The molecule has 0 spiro atoms. The normalized spacial score (nSPS) is 23.5. The van der Waals surface area contributed by atoms with Crippen molar-refractivity contribution < 1.29 is 17.7 Å². The van der Waals surface area contributed by atoms with Gasteiger partial charge in [0.25, 0.3) is 0 Å². The van der Waals surface area contributed by atoms with E-state index in [1.54, 1.807) is 0 Å². The molecule has 0 aromatic carbocycles. The Morgan fingerprint density at radius 1 is 1.38 bits per heavy atom. The fraction of sp³-hybridized carbons (Fsp3) is 0.833. The molecule has 1 atom stereocenters.